The number of nitrogens with zero attached hydrogens (tertiary/aromatic N) is 1. The van der Waals surface area contributed by atoms with Gasteiger partial charge >= 0.3 is 6.09 Å². The number of fused-ring (bicyclic) bond motifs is 2. The summed E-state index contributed by atoms with van der Waals surface area (Å²) in [6.07, 6.45) is -0.647. The van der Waals surface area contributed by atoms with Gasteiger partial charge in [0.25, 0.3) is 5.91 Å². The van der Waals surface area contributed by atoms with Crippen LogP contribution in [0.4, 0.5) is 10.5 Å². The SMILES string of the molecule is Cc1ccc2ccccc2c1CN1C(=O)[C@@H](NC(=O)OC(C)(C)C)COc2ccccc21. The molecule has 166 valence electrons. The molecule has 3 aromatic carbocycles. The third kappa shape index (κ3) is 4.54. The largest absolute Gasteiger partial charge is 0.489 e. The number of alkyl carbamates (subject to hydrolysis) is 1. The van der Waals surface area contributed by atoms with Gasteiger partial charge in [0.2, 0.25) is 0 Å². The quantitative estimate of drug-likeness (QED) is 0.635. The predicted octanol–water partition coefficient (Wildman–Crippen LogP) is 4.97. The summed E-state index contributed by atoms with van der Waals surface area (Å²) in [6.45, 7) is 7.78. The summed E-state index contributed by atoms with van der Waals surface area (Å²) in [5, 5.41) is 4.90. The molecule has 0 radical (unpaired) electrons. The minimum absolute atomic E-state index is 0.0279. The molecule has 2 amide bonds. The molecule has 4 rings (SSSR count). The zero-order valence-corrected chi connectivity index (χ0v) is 18.8. The Balaban J connectivity index is 1.71. The van der Waals surface area contributed by atoms with Gasteiger partial charge in [-0.15, -0.1) is 0 Å². The van der Waals surface area contributed by atoms with E-state index in [1.807, 2.05) is 43.3 Å². The molecule has 32 heavy (non-hydrogen) atoms. The highest BCUT2D eigenvalue weighted by Crippen LogP contribution is 2.34. The van der Waals surface area contributed by atoms with Crippen LogP contribution in [0.2, 0.25) is 0 Å². The molecule has 0 aliphatic carbocycles. The number of hydrogen-bond acceptors (Lipinski definition) is 4. The number of carbonyl (C=O) groups is 2. The second kappa shape index (κ2) is 8.54. The lowest BCUT2D eigenvalue weighted by atomic mass is 9.99. The van der Waals surface area contributed by atoms with Gasteiger partial charge in [-0.05, 0) is 61.7 Å². The van der Waals surface area contributed by atoms with E-state index >= 15 is 0 Å². The molecule has 0 unspecified atom stereocenters. The van der Waals surface area contributed by atoms with E-state index in [2.05, 4.69) is 29.6 Å². The molecular formula is C26H28N2O4. The number of ether oxygens (including phenoxy) is 2. The van der Waals surface area contributed by atoms with E-state index in [1.165, 1.54) is 0 Å². The molecule has 0 spiro atoms. The summed E-state index contributed by atoms with van der Waals surface area (Å²) in [7, 11) is 0. The molecule has 6 nitrogen and oxygen atoms in total. The highest BCUT2D eigenvalue weighted by atomic mass is 16.6. The van der Waals surface area contributed by atoms with Crippen molar-refractivity contribution < 1.29 is 19.1 Å². The Bertz CT molecular complexity index is 1170. The second-order valence-corrected chi connectivity index (χ2v) is 8.98. The Morgan fingerprint density at radius 3 is 2.59 bits per heavy atom. The van der Waals surface area contributed by atoms with Crippen LogP contribution in [0.3, 0.4) is 0 Å². The molecule has 3 aromatic rings. The van der Waals surface area contributed by atoms with Crippen molar-refractivity contribution in [3.05, 3.63) is 71.8 Å². The molecule has 0 fully saturated rings. The molecule has 1 aliphatic heterocycles. The third-order valence-corrected chi connectivity index (χ3v) is 5.41. The van der Waals surface area contributed by atoms with Gasteiger partial charge in [0.15, 0.2) is 0 Å². The fourth-order valence-electron chi connectivity index (χ4n) is 3.88. The summed E-state index contributed by atoms with van der Waals surface area (Å²) < 4.78 is 11.3. The Morgan fingerprint density at radius 2 is 1.81 bits per heavy atom. The Hall–Kier alpha value is -3.54. The van der Waals surface area contributed by atoms with Crippen molar-refractivity contribution in [3.63, 3.8) is 0 Å². The van der Waals surface area contributed by atoms with E-state index in [-0.39, 0.29) is 12.5 Å². The van der Waals surface area contributed by atoms with Gasteiger partial charge in [-0.3, -0.25) is 4.79 Å². The van der Waals surface area contributed by atoms with E-state index < -0.39 is 17.7 Å². The van der Waals surface area contributed by atoms with Crippen LogP contribution in [-0.2, 0) is 16.1 Å². The topological polar surface area (TPSA) is 67.9 Å². The monoisotopic (exact) mass is 432 g/mol. The average Bonchev–Trinajstić information content (AvgIpc) is 2.86. The second-order valence-electron chi connectivity index (χ2n) is 8.98. The Morgan fingerprint density at radius 1 is 1.09 bits per heavy atom. The summed E-state index contributed by atoms with van der Waals surface area (Å²) >= 11 is 0. The first-order chi connectivity index (χ1) is 15.2. The molecule has 0 saturated carbocycles. The van der Waals surface area contributed by atoms with Crippen LogP contribution in [0.15, 0.2) is 60.7 Å². The maximum absolute atomic E-state index is 13.6. The number of nitrogens with one attached hydrogen (secondary N) is 1. The van der Waals surface area contributed by atoms with Crippen LogP contribution in [0, 0.1) is 6.92 Å². The molecule has 6 heteroatoms. The first-order valence-electron chi connectivity index (χ1n) is 10.7. The predicted molar refractivity (Wildman–Crippen MR) is 125 cm³/mol. The zero-order valence-electron chi connectivity index (χ0n) is 18.8. The lowest BCUT2D eigenvalue weighted by molar-refractivity contribution is -0.121. The van der Waals surface area contributed by atoms with Crippen molar-refractivity contribution in [2.45, 2.75) is 45.9 Å². The number of hydrogen-bond donors (Lipinski definition) is 1. The first kappa shape index (κ1) is 21.7. The van der Waals surface area contributed by atoms with Gasteiger partial charge in [0.1, 0.15) is 24.0 Å². The first-order valence-corrected chi connectivity index (χ1v) is 10.7. The van der Waals surface area contributed by atoms with Crippen molar-refractivity contribution in [2.24, 2.45) is 0 Å². The van der Waals surface area contributed by atoms with Crippen molar-refractivity contribution in [2.75, 3.05) is 11.5 Å². The Kier molecular flexibility index (Phi) is 5.78. The smallest absolute Gasteiger partial charge is 0.408 e. The van der Waals surface area contributed by atoms with Crippen LogP contribution in [0.1, 0.15) is 31.9 Å². The molecule has 1 aliphatic rings. The van der Waals surface area contributed by atoms with Crippen LogP contribution in [0.5, 0.6) is 5.75 Å². The standard InChI is InChI=1S/C26H28N2O4/c1-17-13-14-18-9-5-6-10-19(18)20(17)15-28-22-11-7-8-12-23(22)31-16-21(24(28)29)27-25(30)32-26(2,3)4/h5-14,21H,15-16H2,1-4H3,(H,27,30)/t21-/m0/s1. The maximum atomic E-state index is 13.6. The Labute approximate surface area is 188 Å². The summed E-state index contributed by atoms with van der Waals surface area (Å²) in [5.74, 6) is 0.361. The zero-order chi connectivity index (χ0) is 22.9. The lowest BCUT2D eigenvalue weighted by Gasteiger charge is -2.27. The van der Waals surface area contributed by atoms with Gasteiger partial charge in [-0.2, -0.15) is 0 Å². The van der Waals surface area contributed by atoms with E-state index in [9.17, 15) is 9.59 Å². The highest BCUT2D eigenvalue weighted by molar-refractivity contribution is 6.01. The normalized spacial score (nSPS) is 16.2. The number of carbonyl (C=O) groups excluding carboxylic acids is 2. The van der Waals surface area contributed by atoms with E-state index in [0.29, 0.717) is 18.0 Å². The summed E-state index contributed by atoms with van der Waals surface area (Å²) in [6, 6.07) is 18.9. The van der Waals surface area contributed by atoms with Crippen LogP contribution in [-0.4, -0.2) is 30.3 Å². The molecular weight excluding hydrogens is 404 g/mol. The number of benzene rings is 3. The number of amides is 2. The maximum Gasteiger partial charge on any atom is 0.408 e. The van der Waals surface area contributed by atoms with Crippen LogP contribution >= 0.6 is 0 Å². The van der Waals surface area contributed by atoms with Crippen LogP contribution in [0.25, 0.3) is 10.8 Å². The van der Waals surface area contributed by atoms with Crippen LogP contribution < -0.4 is 15.0 Å². The van der Waals surface area contributed by atoms with E-state index in [0.717, 1.165) is 21.9 Å². The van der Waals surface area contributed by atoms with Crippen molar-refractivity contribution in [1.29, 1.82) is 0 Å². The molecule has 0 aromatic heterocycles. The number of aryl methyl sites for hydroxylation is 1. The fraction of sp³-hybridized carbons (Fsp3) is 0.308. The van der Waals surface area contributed by atoms with Gasteiger partial charge in [0, 0.05) is 0 Å². The molecule has 0 saturated heterocycles. The van der Waals surface area contributed by atoms with Crippen molar-refractivity contribution in [3.8, 4) is 5.75 Å². The van der Waals surface area contributed by atoms with E-state index in [4.69, 9.17) is 9.47 Å². The summed E-state index contributed by atoms with van der Waals surface area (Å²) in [4.78, 5) is 27.7. The van der Waals surface area contributed by atoms with Crippen molar-refractivity contribution >= 4 is 28.5 Å². The average molecular weight is 433 g/mol. The number of rotatable bonds is 3. The minimum atomic E-state index is -0.868. The highest BCUT2D eigenvalue weighted by Gasteiger charge is 2.34. The van der Waals surface area contributed by atoms with Crippen molar-refractivity contribution in [1.82, 2.24) is 5.32 Å². The molecule has 0 bridgehead atoms. The van der Waals surface area contributed by atoms with E-state index in [1.54, 1.807) is 25.7 Å². The van der Waals surface area contributed by atoms with Gasteiger partial charge in [0.05, 0.1) is 12.2 Å². The third-order valence-electron chi connectivity index (χ3n) is 5.41. The molecule has 1 heterocycles. The van der Waals surface area contributed by atoms with Gasteiger partial charge < -0.3 is 19.7 Å². The molecule has 1 N–H and O–H groups in total. The number of para-hydroxylation sites is 2. The minimum Gasteiger partial charge on any atom is -0.489 e. The van der Waals surface area contributed by atoms with Gasteiger partial charge in [-0.1, -0.05) is 48.5 Å². The molecule has 1 atom stereocenters. The van der Waals surface area contributed by atoms with Gasteiger partial charge in [-0.25, -0.2) is 4.79 Å². The number of anilines is 1. The lowest BCUT2D eigenvalue weighted by Crippen LogP contribution is -2.51. The summed E-state index contributed by atoms with van der Waals surface area (Å²) in [5.41, 5.74) is 2.17. The fourth-order valence-corrected chi connectivity index (χ4v) is 3.88.